The van der Waals surface area contributed by atoms with E-state index in [4.69, 9.17) is 0 Å². The van der Waals surface area contributed by atoms with Crippen LogP contribution in [0.2, 0.25) is 0 Å². The number of imide groups is 2. The van der Waals surface area contributed by atoms with Gasteiger partial charge in [-0.15, -0.1) is 0 Å². The molecule has 0 radical (unpaired) electrons. The number of barbiturate groups is 1. The molecule has 1 saturated heterocycles. The zero-order valence-corrected chi connectivity index (χ0v) is 25.4. The van der Waals surface area contributed by atoms with Crippen LogP contribution in [-0.2, 0) is 9.59 Å². The predicted molar refractivity (Wildman–Crippen MR) is 182 cm³/mol. The highest BCUT2D eigenvalue weighted by atomic mass is 16.2. The summed E-state index contributed by atoms with van der Waals surface area (Å²) in [5.74, 6) is 5.15. The average Bonchev–Trinajstić information content (AvgIpc) is 3.07. The summed E-state index contributed by atoms with van der Waals surface area (Å²) in [6, 6.07) is 42.7. The Morgan fingerprint density at radius 2 is 1.00 bits per heavy atom. The van der Waals surface area contributed by atoms with Gasteiger partial charge in [0.15, 0.2) is 0 Å². The molecule has 46 heavy (non-hydrogen) atoms. The summed E-state index contributed by atoms with van der Waals surface area (Å²) in [7, 11) is 0. The third-order valence-electron chi connectivity index (χ3n) is 7.81. The van der Waals surface area contributed by atoms with E-state index in [0.717, 1.165) is 55.7 Å². The molecule has 1 heterocycles. The number of carbonyl (C=O) groups is 3. The fourth-order valence-corrected chi connectivity index (χ4v) is 5.48. The lowest BCUT2D eigenvalue weighted by Gasteiger charge is -2.18. The number of nitrogens with one attached hydrogen (secondary N) is 2. The maximum absolute atomic E-state index is 12.2. The van der Waals surface area contributed by atoms with E-state index < -0.39 is 17.8 Å². The number of carbonyl (C=O) groups excluding carboxylic acids is 3. The predicted octanol–water partition coefficient (Wildman–Crippen LogP) is 7.46. The second kappa shape index (κ2) is 13.2. The van der Waals surface area contributed by atoms with Crippen molar-refractivity contribution >= 4 is 35.1 Å². The summed E-state index contributed by atoms with van der Waals surface area (Å²) in [5, 5.41) is 4.21. The SMILES string of the molecule is Cc1cc(C=C2C(=O)NC(=O)NC2=O)c(C)cc1C#Cc1ccc(C(=C(c2ccccc2)c2ccccc2)c2ccccc2)cc1. The third-order valence-corrected chi connectivity index (χ3v) is 7.81. The lowest BCUT2D eigenvalue weighted by atomic mass is 9.85. The molecule has 0 spiro atoms. The fourth-order valence-electron chi connectivity index (χ4n) is 5.48. The van der Waals surface area contributed by atoms with Gasteiger partial charge in [0.1, 0.15) is 5.57 Å². The maximum Gasteiger partial charge on any atom is 0.328 e. The highest BCUT2D eigenvalue weighted by molar-refractivity contribution is 6.31. The van der Waals surface area contributed by atoms with E-state index >= 15 is 0 Å². The summed E-state index contributed by atoms with van der Waals surface area (Å²) in [6.07, 6.45) is 1.49. The molecule has 5 heteroatoms. The highest BCUT2D eigenvalue weighted by Crippen LogP contribution is 2.36. The van der Waals surface area contributed by atoms with Crippen molar-refractivity contribution in [1.29, 1.82) is 0 Å². The molecule has 5 aromatic carbocycles. The largest absolute Gasteiger partial charge is 0.328 e. The number of aryl methyl sites for hydroxylation is 2. The zero-order valence-electron chi connectivity index (χ0n) is 25.4. The summed E-state index contributed by atoms with van der Waals surface area (Å²) < 4.78 is 0. The number of urea groups is 1. The van der Waals surface area contributed by atoms with Crippen molar-refractivity contribution in [2.75, 3.05) is 0 Å². The van der Waals surface area contributed by atoms with Crippen molar-refractivity contribution in [3.05, 3.63) is 183 Å². The standard InChI is InChI=1S/C41H30N2O3/c1-27-25-35(26-36-39(44)42-41(46)43-40(36)45)28(2)24-34(27)23-20-29-18-21-33(22-19-29)38(32-16-10-5-11-17-32)37(30-12-6-3-7-13-30)31-14-8-4-9-15-31/h3-19,21-22,24-26H,1-2H3,(H2,42,43,44,45,46). The van der Waals surface area contributed by atoms with E-state index in [-0.39, 0.29) is 5.57 Å². The molecule has 0 aromatic heterocycles. The minimum Gasteiger partial charge on any atom is -0.273 e. The molecule has 5 nitrogen and oxygen atoms in total. The van der Waals surface area contributed by atoms with E-state index in [1.165, 1.54) is 6.08 Å². The molecular weight excluding hydrogens is 568 g/mol. The first-order chi connectivity index (χ1) is 22.4. The quantitative estimate of drug-likeness (QED) is 0.0955. The van der Waals surface area contributed by atoms with Crippen molar-refractivity contribution in [1.82, 2.24) is 10.6 Å². The first-order valence-electron chi connectivity index (χ1n) is 14.9. The van der Waals surface area contributed by atoms with Crippen LogP contribution in [0, 0.1) is 25.7 Å². The van der Waals surface area contributed by atoms with Gasteiger partial charge in [0.25, 0.3) is 11.8 Å². The van der Waals surface area contributed by atoms with Crippen LogP contribution in [-0.4, -0.2) is 17.8 Å². The Labute approximate surface area is 268 Å². The van der Waals surface area contributed by atoms with Crippen LogP contribution in [0.5, 0.6) is 0 Å². The minimum absolute atomic E-state index is 0.118. The van der Waals surface area contributed by atoms with Gasteiger partial charge in [-0.05, 0) is 88.2 Å². The summed E-state index contributed by atoms with van der Waals surface area (Å²) in [6.45, 7) is 3.83. The second-order valence-corrected chi connectivity index (χ2v) is 11.0. The van der Waals surface area contributed by atoms with E-state index in [9.17, 15) is 14.4 Å². The number of amides is 4. The Morgan fingerprint density at radius 1 is 0.543 bits per heavy atom. The van der Waals surface area contributed by atoms with Crippen molar-refractivity contribution < 1.29 is 14.4 Å². The molecule has 1 aliphatic heterocycles. The van der Waals surface area contributed by atoms with Gasteiger partial charge in [-0.2, -0.15) is 0 Å². The summed E-state index contributed by atoms with van der Waals surface area (Å²) in [4.78, 5) is 35.8. The van der Waals surface area contributed by atoms with Crippen LogP contribution >= 0.6 is 0 Å². The Hall–Kier alpha value is -6.25. The lowest BCUT2D eigenvalue weighted by molar-refractivity contribution is -0.123. The van der Waals surface area contributed by atoms with Crippen LogP contribution in [0.1, 0.15) is 50.1 Å². The number of rotatable bonds is 5. The molecule has 0 aliphatic carbocycles. The van der Waals surface area contributed by atoms with Crippen LogP contribution < -0.4 is 10.6 Å². The van der Waals surface area contributed by atoms with E-state index in [1.54, 1.807) is 0 Å². The smallest absolute Gasteiger partial charge is 0.273 e. The molecule has 0 atom stereocenters. The molecule has 222 valence electrons. The van der Waals surface area contributed by atoms with Crippen molar-refractivity contribution in [3.8, 4) is 11.8 Å². The van der Waals surface area contributed by atoms with Crippen LogP contribution in [0.25, 0.3) is 17.2 Å². The minimum atomic E-state index is -0.821. The van der Waals surface area contributed by atoms with Crippen LogP contribution in [0.15, 0.2) is 133 Å². The first-order valence-corrected chi connectivity index (χ1v) is 14.9. The molecule has 0 saturated carbocycles. The first kappa shape index (κ1) is 29.8. The van der Waals surface area contributed by atoms with Gasteiger partial charge >= 0.3 is 6.03 Å². The Balaban J connectivity index is 1.36. The zero-order chi connectivity index (χ0) is 32.0. The molecule has 2 N–H and O–H groups in total. The molecule has 6 rings (SSSR count). The Morgan fingerprint density at radius 3 is 1.48 bits per heavy atom. The third kappa shape index (κ3) is 6.47. The number of benzene rings is 5. The Bertz CT molecular complexity index is 2020. The maximum atomic E-state index is 12.2. The van der Waals surface area contributed by atoms with E-state index in [0.29, 0.717) is 5.56 Å². The number of hydrogen-bond donors (Lipinski definition) is 2. The Kier molecular flexibility index (Phi) is 8.53. The molecule has 1 fully saturated rings. The van der Waals surface area contributed by atoms with Gasteiger partial charge in [0, 0.05) is 11.1 Å². The molecule has 0 unspecified atom stereocenters. The molecule has 4 amide bonds. The van der Waals surface area contributed by atoms with Crippen molar-refractivity contribution in [3.63, 3.8) is 0 Å². The van der Waals surface area contributed by atoms with Crippen molar-refractivity contribution in [2.24, 2.45) is 0 Å². The number of hydrogen-bond acceptors (Lipinski definition) is 3. The second-order valence-electron chi connectivity index (χ2n) is 11.0. The van der Waals surface area contributed by atoms with Gasteiger partial charge in [0.05, 0.1) is 0 Å². The normalized spacial score (nSPS) is 12.4. The molecule has 5 aromatic rings. The fraction of sp³-hybridized carbons (Fsp3) is 0.0488. The van der Waals surface area contributed by atoms with Gasteiger partial charge in [-0.3, -0.25) is 20.2 Å². The summed E-state index contributed by atoms with van der Waals surface area (Å²) >= 11 is 0. The van der Waals surface area contributed by atoms with E-state index in [2.05, 4.69) is 107 Å². The van der Waals surface area contributed by atoms with Gasteiger partial charge in [-0.25, -0.2) is 4.79 Å². The van der Waals surface area contributed by atoms with E-state index in [1.807, 2.05) is 56.3 Å². The van der Waals surface area contributed by atoms with Crippen LogP contribution in [0.4, 0.5) is 4.79 Å². The topological polar surface area (TPSA) is 75.3 Å². The van der Waals surface area contributed by atoms with Crippen molar-refractivity contribution in [2.45, 2.75) is 13.8 Å². The molecule has 1 aliphatic rings. The summed E-state index contributed by atoms with van der Waals surface area (Å²) in [5.41, 5.74) is 10.8. The highest BCUT2D eigenvalue weighted by Gasteiger charge is 2.27. The lowest BCUT2D eigenvalue weighted by Crippen LogP contribution is -2.51. The monoisotopic (exact) mass is 598 g/mol. The van der Waals surface area contributed by atoms with Gasteiger partial charge in [-0.1, -0.05) is 121 Å². The average molecular weight is 599 g/mol. The van der Waals surface area contributed by atoms with Gasteiger partial charge in [0.2, 0.25) is 0 Å². The molecular formula is C41H30N2O3. The molecule has 0 bridgehead atoms. The van der Waals surface area contributed by atoms with Crippen LogP contribution in [0.3, 0.4) is 0 Å². The van der Waals surface area contributed by atoms with Gasteiger partial charge < -0.3 is 0 Å².